The third-order valence-corrected chi connectivity index (χ3v) is 6.13. The number of rotatable bonds is 4. The zero-order valence-electron chi connectivity index (χ0n) is 15.8. The van der Waals surface area contributed by atoms with E-state index in [1.54, 1.807) is 18.3 Å². The summed E-state index contributed by atoms with van der Waals surface area (Å²) in [4.78, 5) is 21.0. The summed E-state index contributed by atoms with van der Waals surface area (Å²) >= 11 is 0. The zero-order valence-corrected chi connectivity index (χ0v) is 15.8. The van der Waals surface area contributed by atoms with Crippen LogP contribution in [0.1, 0.15) is 15.9 Å². The van der Waals surface area contributed by atoms with Gasteiger partial charge in [-0.05, 0) is 46.4 Å². The van der Waals surface area contributed by atoms with Crippen molar-refractivity contribution < 1.29 is 4.79 Å². The number of aromatic nitrogens is 1. The standard InChI is InChI=1S/C23H24N4O/c24-22(28)21-6-3-9-25-23(21)27-14-19-12-26(13-20(19)15-27)11-16-7-8-17-4-1-2-5-18(17)10-16/h1-10,19-20H,11-15H2,(H2,24,28). The number of pyridine rings is 1. The Bertz CT molecular complexity index is 1020. The van der Waals surface area contributed by atoms with Gasteiger partial charge in [0, 0.05) is 38.9 Å². The SMILES string of the molecule is NC(=O)c1cccnc1N1CC2CN(Cc3ccc4ccccc4c3)CC2C1. The lowest BCUT2D eigenvalue weighted by molar-refractivity contribution is 0.100. The number of nitrogens with two attached hydrogens (primary N) is 1. The summed E-state index contributed by atoms with van der Waals surface area (Å²) in [6, 6.07) is 18.8. The Morgan fingerprint density at radius 2 is 1.71 bits per heavy atom. The quantitative estimate of drug-likeness (QED) is 0.765. The van der Waals surface area contributed by atoms with E-state index in [1.807, 2.05) is 0 Å². The third kappa shape index (κ3) is 3.12. The largest absolute Gasteiger partial charge is 0.365 e. The Morgan fingerprint density at radius 1 is 0.964 bits per heavy atom. The topological polar surface area (TPSA) is 62.5 Å². The van der Waals surface area contributed by atoms with Gasteiger partial charge in [-0.15, -0.1) is 0 Å². The second-order valence-electron chi connectivity index (χ2n) is 8.04. The lowest BCUT2D eigenvalue weighted by Gasteiger charge is -2.23. The molecule has 3 aromatic rings. The Morgan fingerprint density at radius 3 is 2.46 bits per heavy atom. The number of benzene rings is 2. The van der Waals surface area contributed by atoms with Crippen LogP contribution in [0.5, 0.6) is 0 Å². The highest BCUT2D eigenvalue weighted by Gasteiger charge is 2.40. The molecular formula is C23H24N4O. The molecule has 0 spiro atoms. The van der Waals surface area contributed by atoms with Gasteiger partial charge >= 0.3 is 0 Å². The van der Waals surface area contributed by atoms with Crippen molar-refractivity contribution in [3.05, 3.63) is 71.9 Å². The molecule has 0 radical (unpaired) electrons. The number of anilines is 1. The zero-order chi connectivity index (χ0) is 19.1. The molecule has 5 heteroatoms. The second-order valence-corrected chi connectivity index (χ2v) is 8.04. The average Bonchev–Trinajstić information content (AvgIpc) is 3.26. The predicted molar refractivity (Wildman–Crippen MR) is 111 cm³/mol. The summed E-state index contributed by atoms with van der Waals surface area (Å²) in [5.41, 5.74) is 7.43. The molecule has 0 bridgehead atoms. The summed E-state index contributed by atoms with van der Waals surface area (Å²) in [5.74, 6) is 1.56. The Kier molecular flexibility index (Phi) is 4.24. The minimum atomic E-state index is -0.405. The highest BCUT2D eigenvalue weighted by atomic mass is 16.1. The molecule has 2 aromatic carbocycles. The third-order valence-electron chi connectivity index (χ3n) is 6.13. The van der Waals surface area contributed by atoms with Crippen LogP contribution < -0.4 is 10.6 Å². The van der Waals surface area contributed by atoms with E-state index in [-0.39, 0.29) is 0 Å². The van der Waals surface area contributed by atoms with Crippen LogP contribution in [-0.4, -0.2) is 42.0 Å². The number of fused-ring (bicyclic) bond motifs is 2. The smallest absolute Gasteiger partial charge is 0.252 e. The van der Waals surface area contributed by atoms with Gasteiger partial charge in [-0.2, -0.15) is 0 Å². The van der Waals surface area contributed by atoms with Gasteiger partial charge in [0.25, 0.3) is 5.91 Å². The number of carbonyl (C=O) groups excluding carboxylic acids is 1. The molecule has 5 nitrogen and oxygen atoms in total. The molecule has 3 heterocycles. The molecular weight excluding hydrogens is 348 g/mol. The van der Waals surface area contributed by atoms with Crippen LogP contribution in [0.25, 0.3) is 10.8 Å². The number of likely N-dealkylation sites (tertiary alicyclic amines) is 1. The first-order valence-corrected chi connectivity index (χ1v) is 9.87. The second kappa shape index (κ2) is 6.91. The molecule has 1 amide bonds. The lowest BCUT2D eigenvalue weighted by Crippen LogP contribution is -2.30. The van der Waals surface area contributed by atoms with Crippen molar-refractivity contribution in [3.8, 4) is 0 Å². The molecule has 2 saturated heterocycles. The molecule has 5 rings (SSSR count). The molecule has 142 valence electrons. The van der Waals surface area contributed by atoms with Gasteiger partial charge in [0.05, 0.1) is 5.56 Å². The van der Waals surface area contributed by atoms with Gasteiger partial charge < -0.3 is 10.6 Å². The van der Waals surface area contributed by atoms with Crippen LogP contribution in [0.2, 0.25) is 0 Å². The fourth-order valence-electron chi connectivity index (χ4n) is 4.83. The molecule has 2 N–H and O–H groups in total. The normalized spacial score (nSPS) is 21.9. The van der Waals surface area contributed by atoms with Crippen LogP contribution in [-0.2, 0) is 6.54 Å². The van der Waals surface area contributed by atoms with Crippen molar-refractivity contribution in [2.45, 2.75) is 6.54 Å². The van der Waals surface area contributed by atoms with Gasteiger partial charge in [-0.3, -0.25) is 9.69 Å². The molecule has 2 aliphatic heterocycles. The first-order valence-electron chi connectivity index (χ1n) is 9.87. The van der Waals surface area contributed by atoms with E-state index in [1.165, 1.54) is 16.3 Å². The summed E-state index contributed by atoms with van der Waals surface area (Å²) in [6.45, 7) is 5.06. The number of hydrogen-bond acceptors (Lipinski definition) is 4. The maximum atomic E-state index is 11.7. The van der Waals surface area contributed by atoms with Crippen molar-refractivity contribution in [1.29, 1.82) is 0 Å². The molecule has 28 heavy (non-hydrogen) atoms. The van der Waals surface area contributed by atoms with Gasteiger partial charge in [-0.25, -0.2) is 4.98 Å². The average molecular weight is 372 g/mol. The van der Waals surface area contributed by atoms with Crippen molar-refractivity contribution in [2.75, 3.05) is 31.1 Å². The number of primary amides is 1. The van der Waals surface area contributed by atoms with Crippen molar-refractivity contribution in [1.82, 2.24) is 9.88 Å². The van der Waals surface area contributed by atoms with E-state index >= 15 is 0 Å². The van der Waals surface area contributed by atoms with Crippen LogP contribution in [0.15, 0.2) is 60.8 Å². The van der Waals surface area contributed by atoms with Gasteiger partial charge in [-0.1, -0.05) is 36.4 Å². The van der Waals surface area contributed by atoms with Crippen LogP contribution in [0.4, 0.5) is 5.82 Å². The molecule has 2 fully saturated rings. The fourth-order valence-corrected chi connectivity index (χ4v) is 4.83. The van der Waals surface area contributed by atoms with E-state index < -0.39 is 5.91 Å². The summed E-state index contributed by atoms with van der Waals surface area (Å²) in [5, 5.41) is 2.60. The molecule has 0 saturated carbocycles. The van der Waals surface area contributed by atoms with E-state index in [0.717, 1.165) is 38.5 Å². The first kappa shape index (κ1) is 17.2. The van der Waals surface area contributed by atoms with Gasteiger partial charge in [0.15, 0.2) is 0 Å². The number of hydrogen-bond donors (Lipinski definition) is 1. The Labute approximate surface area is 164 Å². The summed E-state index contributed by atoms with van der Waals surface area (Å²) in [6.07, 6.45) is 1.74. The fraction of sp³-hybridized carbons (Fsp3) is 0.304. The van der Waals surface area contributed by atoms with E-state index in [9.17, 15) is 4.79 Å². The van der Waals surface area contributed by atoms with Crippen LogP contribution in [0.3, 0.4) is 0 Å². The van der Waals surface area contributed by atoms with Crippen molar-refractivity contribution in [2.24, 2.45) is 17.6 Å². The number of amides is 1. The van der Waals surface area contributed by atoms with Crippen LogP contribution in [0, 0.1) is 11.8 Å². The predicted octanol–water partition coefficient (Wildman–Crippen LogP) is 2.90. The van der Waals surface area contributed by atoms with Crippen molar-refractivity contribution in [3.63, 3.8) is 0 Å². The van der Waals surface area contributed by atoms with Crippen molar-refractivity contribution >= 4 is 22.5 Å². The molecule has 2 unspecified atom stereocenters. The Hall–Kier alpha value is -2.92. The molecule has 0 aliphatic carbocycles. The minimum absolute atomic E-state index is 0.405. The number of nitrogens with zero attached hydrogens (tertiary/aromatic N) is 3. The van der Waals surface area contributed by atoms with Gasteiger partial charge in [0.2, 0.25) is 0 Å². The molecule has 1 aromatic heterocycles. The molecule has 2 atom stereocenters. The highest BCUT2D eigenvalue weighted by Crippen LogP contribution is 2.35. The highest BCUT2D eigenvalue weighted by molar-refractivity contribution is 5.97. The maximum absolute atomic E-state index is 11.7. The first-order chi connectivity index (χ1) is 13.7. The summed E-state index contributed by atoms with van der Waals surface area (Å²) in [7, 11) is 0. The summed E-state index contributed by atoms with van der Waals surface area (Å²) < 4.78 is 0. The molecule has 2 aliphatic rings. The maximum Gasteiger partial charge on any atom is 0.252 e. The van der Waals surface area contributed by atoms with Gasteiger partial charge in [0.1, 0.15) is 5.82 Å². The lowest BCUT2D eigenvalue weighted by atomic mass is 10.0. The Balaban J connectivity index is 1.26. The van der Waals surface area contributed by atoms with E-state index in [2.05, 4.69) is 57.2 Å². The van der Waals surface area contributed by atoms with E-state index in [4.69, 9.17) is 5.73 Å². The number of carbonyl (C=O) groups is 1. The van der Waals surface area contributed by atoms with E-state index in [0.29, 0.717) is 17.4 Å². The van der Waals surface area contributed by atoms with Crippen LogP contribution >= 0.6 is 0 Å². The monoisotopic (exact) mass is 372 g/mol. The minimum Gasteiger partial charge on any atom is -0.365 e.